The lowest BCUT2D eigenvalue weighted by molar-refractivity contribution is -0.136. The molecule has 0 aromatic rings. The molecule has 1 fully saturated rings. The zero-order chi connectivity index (χ0) is 13.2. The highest BCUT2D eigenvalue weighted by molar-refractivity contribution is 7.80. The number of nitrogens with two attached hydrogens (primary N) is 2. The number of primary amides is 1. The third-order valence-electron chi connectivity index (χ3n) is 3.60. The first-order valence-corrected chi connectivity index (χ1v) is 6.12. The van der Waals surface area contributed by atoms with Crippen molar-refractivity contribution < 1.29 is 9.59 Å². The van der Waals surface area contributed by atoms with E-state index < -0.39 is 5.41 Å². The third kappa shape index (κ3) is 2.57. The minimum atomic E-state index is -0.818. The van der Waals surface area contributed by atoms with Crippen molar-refractivity contribution in [2.75, 3.05) is 13.1 Å². The number of nitrogens with zero attached hydrogens (tertiary/aromatic N) is 1. The molecule has 5 nitrogen and oxygen atoms in total. The van der Waals surface area contributed by atoms with Crippen molar-refractivity contribution in [3.8, 4) is 0 Å². The molecular formula is C11H19N3O2S. The Hall–Kier alpha value is -1.17. The van der Waals surface area contributed by atoms with Crippen molar-refractivity contribution in [1.29, 1.82) is 0 Å². The van der Waals surface area contributed by atoms with E-state index in [2.05, 4.69) is 0 Å². The summed E-state index contributed by atoms with van der Waals surface area (Å²) >= 11 is 4.96. The van der Waals surface area contributed by atoms with Crippen LogP contribution in [0.4, 0.5) is 0 Å². The molecule has 1 rings (SSSR count). The molecule has 2 amide bonds. The zero-order valence-corrected chi connectivity index (χ0v) is 11.0. The van der Waals surface area contributed by atoms with Crippen LogP contribution in [0.25, 0.3) is 0 Å². The molecule has 6 heteroatoms. The molecule has 0 aliphatic carbocycles. The van der Waals surface area contributed by atoms with Crippen LogP contribution in [0.3, 0.4) is 0 Å². The summed E-state index contributed by atoms with van der Waals surface area (Å²) in [7, 11) is 0. The van der Waals surface area contributed by atoms with Gasteiger partial charge in [0.25, 0.3) is 0 Å². The van der Waals surface area contributed by atoms with Crippen LogP contribution in [-0.4, -0.2) is 34.8 Å². The van der Waals surface area contributed by atoms with E-state index in [1.54, 1.807) is 11.8 Å². The molecule has 1 aliphatic heterocycles. The predicted octanol–water partition coefficient (Wildman–Crippen LogP) is 0.0226. The van der Waals surface area contributed by atoms with Crippen LogP contribution in [-0.2, 0) is 9.59 Å². The molecule has 1 saturated heterocycles. The van der Waals surface area contributed by atoms with Crippen LogP contribution in [0.1, 0.15) is 26.7 Å². The topological polar surface area (TPSA) is 89.4 Å². The maximum atomic E-state index is 12.3. The average molecular weight is 257 g/mol. The van der Waals surface area contributed by atoms with E-state index in [-0.39, 0.29) is 22.7 Å². The normalized spacial score (nSPS) is 23.2. The number of rotatable bonds is 4. The first kappa shape index (κ1) is 13.9. The molecule has 2 unspecified atom stereocenters. The van der Waals surface area contributed by atoms with Crippen LogP contribution in [0.5, 0.6) is 0 Å². The van der Waals surface area contributed by atoms with Crippen molar-refractivity contribution in [3.05, 3.63) is 0 Å². The molecule has 0 aromatic heterocycles. The van der Waals surface area contributed by atoms with E-state index in [0.717, 1.165) is 0 Å². The summed E-state index contributed by atoms with van der Waals surface area (Å²) in [5.41, 5.74) is 10.1. The van der Waals surface area contributed by atoms with Gasteiger partial charge in [-0.2, -0.15) is 0 Å². The Kier molecular flexibility index (Phi) is 4.08. The average Bonchev–Trinajstić information content (AvgIpc) is 2.75. The number of amides is 2. The third-order valence-corrected chi connectivity index (χ3v) is 4.05. The lowest BCUT2D eigenvalue weighted by atomic mass is 9.86. The Morgan fingerprint density at radius 3 is 2.41 bits per heavy atom. The first-order valence-electron chi connectivity index (χ1n) is 5.71. The highest BCUT2D eigenvalue weighted by Gasteiger charge is 2.41. The number of hydrogen-bond acceptors (Lipinski definition) is 3. The van der Waals surface area contributed by atoms with E-state index in [9.17, 15) is 9.59 Å². The number of thiocarbonyl (C=S) groups is 1. The SMILES string of the molecule is CCC(C)(C(=O)N1CCC(C(N)=O)C1)C(N)=S. The van der Waals surface area contributed by atoms with E-state index in [1.807, 2.05) is 6.92 Å². The number of hydrogen-bond donors (Lipinski definition) is 2. The molecule has 96 valence electrons. The Balaban J connectivity index is 2.78. The second-order valence-corrected chi connectivity index (χ2v) is 5.13. The number of carbonyl (C=O) groups excluding carboxylic acids is 2. The van der Waals surface area contributed by atoms with E-state index in [0.29, 0.717) is 25.9 Å². The highest BCUT2D eigenvalue weighted by atomic mass is 32.1. The molecule has 1 heterocycles. The van der Waals surface area contributed by atoms with Crippen LogP contribution in [0.15, 0.2) is 0 Å². The minimum Gasteiger partial charge on any atom is -0.392 e. The molecule has 0 aromatic carbocycles. The fraction of sp³-hybridized carbons (Fsp3) is 0.727. The maximum Gasteiger partial charge on any atom is 0.235 e. The zero-order valence-electron chi connectivity index (χ0n) is 10.2. The van der Waals surface area contributed by atoms with E-state index >= 15 is 0 Å². The van der Waals surface area contributed by atoms with Gasteiger partial charge in [0.05, 0.1) is 16.3 Å². The van der Waals surface area contributed by atoms with Gasteiger partial charge < -0.3 is 16.4 Å². The van der Waals surface area contributed by atoms with Crippen LogP contribution in [0, 0.1) is 11.3 Å². The van der Waals surface area contributed by atoms with Gasteiger partial charge in [0.1, 0.15) is 0 Å². The first-order chi connectivity index (χ1) is 7.82. The van der Waals surface area contributed by atoms with Crippen molar-refractivity contribution in [3.63, 3.8) is 0 Å². The summed E-state index contributed by atoms with van der Waals surface area (Å²) in [6.07, 6.45) is 1.18. The fourth-order valence-corrected chi connectivity index (χ4v) is 2.19. The quantitative estimate of drug-likeness (QED) is 0.695. The summed E-state index contributed by atoms with van der Waals surface area (Å²) in [5.74, 6) is -0.698. The Bertz CT molecular complexity index is 359. The molecule has 4 N–H and O–H groups in total. The summed E-state index contributed by atoms with van der Waals surface area (Å²) < 4.78 is 0. The smallest absolute Gasteiger partial charge is 0.235 e. The molecule has 17 heavy (non-hydrogen) atoms. The molecule has 2 atom stereocenters. The van der Waals surface area contributed by atoms with Gasteiger partial charge in [-0.15, -0.1) is 0 Å². The Morgan fingerprint density at radius 1 is 1.47 bits per heavy atom. The monoisotopic (exact) mass is 257 g/mol. The van der Waals surface area contributed by atoms with Crippen molar-refractivity contribution in [1.82, 2.24) is 4.90 Å². The summed E-state index contributed by atoms with van der Waals surface area (Å²) in [4.78, 5) is 25.2. The van der Waals surface area contributed by atoms with Crippen LogP contribution in [0.2, 0.25) is 0 Å². The molecular weight excluding hydrogens is 238 g/mol. The maximum absolute atomic E-state index is 12.3. The van der Waals surface area contributed by atoms with Crippen LogP contribution < -0.4 is 11.5 Å². The molecule has 0 radical (unpaired) electrons. The van der Waals surface area contributed by atoms with Gasteiger partial charge in [-0.3, -0.25) is 9.59 Å². The summed E-state index contributed by atoms with van der Waals surface area (Å²) in [6.45, 7) is 4.55. The van der Waals surface area contributed by atoms with Gasteiger partial charge in [-0.1, -0.05) is 19.1 Å². The molecule has 1 aliphatic rings. The number of likely N-dealkylation sites (tertiary alicyclic amines) is 1. The van der Waals surface area contributed by atoms with Gasteiger partial charge in [-0.25, -0.2) is 0 Å². The fourth-order valence-electron chi connectivity index (χ4n) is 1.96. The lowest BCUT2D eigenvalue weighted by Crippen LogP contribution is -2.48. The standard InChI is InChI=1S/C11H19N3O2S/c1-3-11(2,9(13)17)10(16)14-5-4-7(6-14)8(12)15/h7H,3-6H2,1-2H3,(H2,12,15)(H2,13,17). The number of carbonyl (C=O) groups is 2. The van der Waals surface area contributed by atoms with Crippen LogP contribution >= 0.6 is 12.2 Å². The molecule has 0 spiro atoms. The Labute approximate surface area is 107 Å². The van der Waals surface area contributed by atoms with Crippen molar-refractivity contribution in [2.24, 2.45) is 22.8 Å². The van der Waals surface area contributed by atoms with Crippen molar-refractivity contribution >= 4 is 29.0 Å². The molecule has 0 saturated carbocycles. The van der Waals surface area contributed by atoms with Crippen molar-refractivity contribution in [2.45, 2.75) is 26.7 Å². The summed E-state index contributed by atoms with van der Waals surface area (Å²) in [5, 5.41) is 0. The predicted molar refractivity (Wildman–Crippen MR) is 69.1 cm³/mol. The van der Waals surface area contributed by atoms with Gasteiger partial charge in [-0.05, 0) is 19.8 Å². The Morgan fingerprint density at radius 2 is 2.06 bits per heavy atom. The van der Waals surface area contributed by atoms with Gasteiger partial charge in [0, 0.05) is 13.1 Å². The highest BCUT2D eigenvalue weighted by Crippen LogP contribution is 2.28. The minimum absolute atomic E-state index is 0.101. The van der Waals surface area contributed by atoms with Gasteiger partial charge in [0.2, 0.25) is 11.8 Å². The second kappa shape index (κ2) is 5.00. The second-order valence-electron chi connectivity index (χ2n) is 4.69. The largest absolute Gasteiger partial charge is 0.392 e. The van der Waals surface area contributed by atoms with Gasteiger partial charge >= 0.3 is 0 Å². The van der Waals surface area contributed by atoms with Gasteiger partial charge in [0.15, 0.2) is 0 Å². The lowest BCUT2D eigenvalue weighted by Gasteiger charge is -2.30. The van der Waals surface area contributed by atoms with E-state index in [1.165, 1.54) is 0 Å². The summed E-state index contributed by atoms with van der Waals surface area (Å²) in [6, 6.07) is 0. The molecule has 0 bridgehead atoms. The van der Waals surface area contributed by atoms with E-state index in [4.69, 9.17) is 23.7 Å².